The molecule has 19 heavy (non-hydrogen) atoms. The molecule has 1 fully saturated rings. The average Bonchev–Trinajstić information content (AvgIpc) is 3.06. The standard InChI is InChI=1S/C16H17N3/c1-3-12-9-16(15(12)6-1)18-13-4-2-5-14(10-13)19-8-7-17-11-19/h1-2,4-8,10-12,15-16,18H,3,9H2. The van der Waals surface area contributed by atoms with Crippen molar-refractivity contribution >= 4 is 5.69 Å². The van der Waals surface area contributed by atoms with Gasteiger partial charge in [-0.2, -0.15) is 0 Å². The Morgan fingerprint density at radius 1 is 1.32 bits per heavy atom. The molecule has 1 heterocycles. The third kappa shape index (κ3) is 1.86. The number of hydrogen-bond acceptors (Lipinski definition) is 2. The Kier molecular flexibility index (Phi) is 2.44. The van der Waals surface area contributed by atoms with Gasteiger partial charge in [0.2, 0.25) is 0 Å². The largest absolute Gasteiger partial charge is 0.382 e. The van der Waals surface area contributed by atoms with Crippen molar-refractivity contribution in [3.05, 3.63) is 55.1 Å². The van der Waals surface area contributed by atoms with Crippen molar-refractivity contribution < 1.29 is 0 Å². The van der Waals surface area contributed by atoms with Gasteiger partial charge in [-0.15, -0.1) is 0 Å². The van der Waals surface area contributed by atoms with Crippen LogP contribution in [0.2, 0.25) is 0 Å². The maximum atomic E-state index is 4.09. The third-order valence-electron chi connectivity index (χ3n) is 4.36. The van der Waals surface area contributed by atoms with Crippen LogP contribution in [-0.2, 0) is 0 Å². The van der Waals surface area contributed by atoms with Crippen LogP contribution < -0.4 is 5.32 Å². The number of hydrogen-bond donors (Lipinski definition) is 1. The summed E-state index contributed by atoms with van der Waals surface area (Å²) in [5.74, 6) is 1.64. The molecule has 0 radical (unpaired) electrons. The molecule has 3 nitrogen and oxygen atoms in total. The fraction of sp³-hybridized carbons (Fsp3) is 0.312. The van der Waals surface area contributed by atoms with Crippen LogP contribution in [0.4, 0.5) is 5.69 Å². The zero-order chi connectivity index (χ0) is 12.7. The first kappa shape index (κ1) is 10.9. The lowest BCUT2D eigenvalue weighted by Gasteiger charge is -2.41. The molecular formula is C16H17N3. The summed E-state index contributed by atoms with van der Waals surface area (Å²) in [6, 6.07) is 9.14. The van der Waals surface area contributed by atoms with Gasteiger partial charge < -0.3 is 9.88 Å². The molecule has 2 aromatic rings. The fourth-order valence-electron chi connectivity index (χ4n) is 3.27. The molecule has 3 atom stereocenters. The molecule has 2 aliphatic carbocycles. The van der Waals surface area contributed by atoms with Crippen molar-refractivity contribution in [3.8, 4) is 5.69 Å². The lowest BCUT2D eigenvalue weighted by molar-refractivity contribution is 0.218. The zero-order valence-corrected chi connectivity index (χ0v) is 10.7. The molecule has 2 aliphatic rings. The predicted octanol–water partition coefficient (Wildman–Crippen LogP) is 3.25. The molecule has 1 saturated carbocycles. The summed E-state index contributed by atoms with van der Waals surface area (Å²) in [6.45, 7) is 0. The van der Waals surface area contributed by atoms with Gasteiger partial charge in [0, 0.05) is 35.7 Å². The van der Waals surface area contributed by atoms with Crippen LogP contribution in [0.1, 0.15) is 12.8 Å². The second-order valence-electron chi connectivity index (χ2n) is 5.51. The molecule has 3 heteroatoms. The van der Waals surface area contributed by atoms with Gasteiger partial charge in [-0.1, -0.05) is 18.2 Å². The lowest BCUT2D eigenvalue weighted by Crippen LogP contribution is -2.43. The van der Waals surface area contributed by atoms with Crippen LogP contribution in [0.5, 0.6) is 0 Å². The molecule has 1 aromatic carbocycles. The Balaban J connectivity index is 1.53. The van der Waals surface area contributed by atoms with Crippen LogP contribution >= 0.6 is 0 Å². The number of anilines is 1. The number of imidazole rings is 1. The van der Waals surface area contributed by atoms with E-state index in [1.807, 2.05) is 17.1 Å². The minimum atomic E-state index is 0.613. The number of nitrogens with zero attached hydrogens (tertiary/aromatic N) is 2. The van der Waals surface area contributed by atoms with Gasteiger partial charge in [-0.25, -0.2) is 4.98 Å². The Labute approximate surface area is 113 Å². The summed E-state index contributed by atoms with van der Waals surface area (Å²) in [7, 11) is 0. The van der Waals surface area contributed by atoms with E-state index in [1.54, 1.807) is 6.20 Å². The molecular weight excluding hydrogens is 234 g/mol. The highest BCUT2D eigenvalue weighted by molar-refractivity contribution is 5.52. The fourth-order valence-corrected chi connectivity index (χ4v) is 3.27. The van der Waals surface area contributed by atoms with Crippen LogP contribution in [-0.4, -0.2) is 15.6 Å². The van der Waals surface area contributed by atoms with Crippen molar-refractivity contribution in [3.63, 3.8) is 0 Å². The van der Waals surface area contributed by atoms with E-state index < -0.39 is 0 Å². The quantitative estimate of drug-likeness (QED) is 0.849. The summed E-state index contributed by atoms with van der Waals surface area (Å²) in [6.07, 6.45) is 12.9. The number of nitrogens with one attached hydrogen (secondary N) is 1. The lowest BCUT2D eigenvalue weighted by atomic mass is 9.71. The van der Waals surface area contributed by atoms with Crippen molar-refractivity contribution in [2.24, 2.45) is 11.8 Å². The van der Waals surface area contributed by atoms with Crippen molar-refractivity contribution in [1.29, 1.82) is 0 Å². The van der Waals surface area contributed by atoms with Gasteiger partial charge in [0.05, 0.1) is 6.33 Å². The van der Waals surface area contributed by atoms with E-state index in [9.17, 15) is 0 Å². The molecule has 1 aromatic heterocycles. The van der Waals surface area contributed by atoms with Gasteiger partial charge in [0.15, 0.2) is 0 Å². The topological polar surface area (TPSA) is 29.9 Å². The van der Waals surface area contributed by atoms with Gasteiger partial charge in [0.25, 0.3) is 0 Å². The van der Waals surface area contributed by atoms with E-state index in [4.69, 9.17) is 0 Å². The van der Waals surface area contributed by atoms with Crippen LogP contribution in [0, 0.1) is 11.8 Å². The highest BCUT2D eigenvalue weighted by Gasteiger charge is 2.40. The van der Waals surface area contributed by atoms with Gasteiger partial charge in [-0.05, 0) is 37.0 Å². The van der Waals surface area contributed by atoms with Crippen LogP contribution in [0.15, 0.2) is 55.1 Å². The smallest absolute Gasteiger partial charge is 0.0991 e. The van der Waals surface area contributed by atoms with E-state index in [-0.39, 0.29) is 0 Å². The number of rotatable bonds is 3. The third-order valence-corrected chi connectivity index (χ3v) is 4.36. The Morgan fingerprint density at radius 2 is 2.32 bits per heavy atom. The summed E-state index contributed by atoms with van der Waals surface area (Å²) in [4.78, 5) is 4.09. The maximum Gasteiger partial charge on any atom is 0.0991 e. The Hall–Kier alpha value is -2.03. The minimum absolute atomic E-state index is 0.613. The minimum Gasteiger partial charge on any atom is -0.382 e. The maximum absolute atomic E-state index is 4.09. The van der Waals surface area contributed by atoms with E-state index in [0.717, 1.165) is 17.5 Å². The van der Waals surface area contributed by atoms with E-state index in [0.29, 0.717) is 6.04 Å². The molecule has 0 amide bonds. The zero-order valence-electron chi connectivity index (χ0n) is 10.7. The van der Waals surface area contributed by atoms with Gasteiger partial charge >= 0.3 is 0 Å². The summed E-state index contributed by atoms with van der Waals surface area (Å²) >= 11 is 0. The van der Waals surface area contributed by atoms with Crippen molar-refractivity contribution in [2.75, 3.05) is 5.32 Å². The van der Waals surface area contributed by atoms with Crippen LogP contribution in [0.25, 0.3) is 5.69 Å². The molecule has 4 rings (SSSR count). The SMILES string of the molecule is C1=CC2C(C1)CC2Nc1cccc(-n2ccnc2)c1. The number of aromatic nitrogens is 2. The highest BCUT2D eigenvalue weighted by Crippen LogP contribution is 2.44. The van der Waals surface area contributed by atoms with Crippen LogP contribution in [0.3, 0.4) is 0 Å². The molecule has 0 aliphatic heterocycles. The number of allylic oxidation sites excluding steroid dienone is 1. The number of benzene rings is 1. The van der Waals surface area contributed by atoms with E-state index in [2.05, 4.69) is 46.7 Å². The summed E-state index contributed by atoms with van der Waals surface area (Å²) in [5.41, 5.74) is 2.36. The van der Waals surface area contributed by atoms with Crippen molar-refractivity contribution in [2.45, 2.75) is 18.9 Å². The Morgan fingerprint density at radius 3 is 3.16 bits per heavy atom. The molecule has 0 saturated heterocycles. The highest BCUT2D eigenvalue weighted by atomic mass is 15.0. The first-order valence-corrected chi connectivity index (χ1v) is 6.92. The summed E-state index contributed by atoms with van der Waals surface area (Å²) in [5, 5.41) is 3.67. The van der Waals surface area contributed by atoms with E-state index >= 15 is 0 Å². The molecule has 1 N–H and O–H groups in total. The van der Waals surface area contributed by atoms with Gasteiger partial charge in [-0.3, -0.25) is 0 Å². The molecule has 96 valence electrons. The second kappa shape index (κ2) is 4.26. The monoisotopic (exact) mass is 251 g/mol. The molecule has 0 bridgehead atoms. The predicted molar refractivity (Wildman–Crippen MR) is 76.3 cm³/mol. The summed E-state index contributed by atoms with van der Waals surface area (Å²) < 4.78 is 2.03. The number of fused-ring (bicyclic) bond motifs is 1. The molecule has 0 spiro atoms. The first-order chi connectivity index (χ1) is 9.40. The molecule has 3 unspecified atom stereocenters. The first-order valence-electron chi connectivity index (χ1n) is 6.92. The normalized spacial score (nSPS) is 27.9. The second-order valence-corrected chi connectivity index (χ2v) is 5.51. The van der Waals surface area contributed by atoms with Gasteiger partial charge in [0.1, 0.15) is 0 Å². The van der Waals surface area contributed by atoms with E-state index in [1.165, 1.54) is 18.5 Å². The Bertz CT molecular complexity index is 600. The van der Waals surface area contributed by atoms with Crippen molar-refractivity contribution in [1.82, 2.24) is 9.55 Å². The average molecular weight is 251 g/mol.